The van der Waals surface area contributed by atoms with E-state index < -0.39 is 0 Å². The molecule has 0 aromatic heterocycles. The van der Waals surface area contributed by atoms with Crippen LogP contribution in [0, 0.1) is 11.3 Å². The summed E-state index contributed by atoms with van der Waals surface area (Å²) in [6.07, 6.45) is 12.9. The summed E-state index contributed by atoms with van der Waals surface area (Å²) in [4.78, 5) is 23.0. The maximum Gasteiger partial charge on any atom is 0.302 e. The number of carbonyl (C=O) groups excluding carboxylic acids is 2. The Kier molecular flexibility index (Phi) is 8.08. The second-order valence-corrected chi connectivity index (χ2v) is 7.57. The van der Waals surface area contributed by atoms with Crippen LogP contribution in [0.3, 0.4) is 0 Å². The molecular weight excluding hydrogens is 312 g/mol. The Bertz CT molecular complexity index is 615. The summed E-state index contributed by atoms with van der Waals surface area (Å²) in [5.41, 5.74) is 3.90. The normalized spacial score (nSPS) is 19.5. The first-order valence-corrected chi connectivity index (χ1v) is 9.04. The topological polar surface area (TPSA) is 43.4 Å². The molecule has 1 atom stereocenters. The minimum absolute atomic E-state index is 0.0726. The van der Waals surface area contributed by atoms with Crippen LogP contribution in [0.25, 0.3) is 0 Å². The molecule has 0 spiro atoms. The van der Waals surface area contributed by atoms with Gasteiger partial charge in [-0.3, -0.25) is 9.59 Å². The Hall–Kier alpha value is -1.90. The lowest BCUT2D eigenvalue weighted by atomic mass is 9.72. The Morgan fingerprint density at radius 2 is 1.92 bits per heavy atom. The summed E-state index contributed by atoms with van der Waals surface area (Å²) in [5, 5.41) is 0. The van der Waals surface area contributed by atoms with Gasteiger partial charge in [0.15, 0.2) is 5.78 Å². The molecule has 0 fully saturated rings. The van der Waals surface area contributed by atoms with Crippen LogP contribution in [0.15, 0.2) is 47.1 Å². The van der Waals surface area contributed by atoms with E-state index in [1.807, 2.05) is 19.9 Å². The van der Waals surface area contributed by atoms with Gasteiger partial charge in [-0.25, -0.2) is 0 Å². The fraction of sp³-hybridized carbons (Fsp3) is 0.545. The molecule has 3 nitrogen and oxygen atoms in total. The molecular formula is C22H32O3. The van der Waals surface area contributed by atoms with E-state index in [1.54, 1.807) is 18.2 Å². The van der Waals surface area contributed by atoms with Crippen LogP contribution >= 0.6 is 0 Å². The van der Waals surface area contributed by atoms with Crippen LogP contribution in [-0.2, 0) is 14.3 Å². The van der Waals surface area contributed by atoms with Crippen LogP contribution in [-0.4, -0.2) is 18.4 Å². The van der Waals surface area contributed by atoms with Gasteiger partial charge in [-0.15, -0.1) is 0 Å². The van der Waals surface area contributed by atoms with Crippen LogP contribution in [0.4, 0.5) is 0 Å². The minimum Gasteiger partial charge on any atom is -0.462 e. The highest BCUT2D eigenvalue weighted by molar-refractivity contribution is 5.93. The molecule has 3 heteroatoms. The molecule has 0 aliphatic heterocycles. The van der Waals surface area contributed by atoms with Crippen molar-refractivity contribution in [2.75, 3.05) is 6.61 Å². The number of esters is 1. The van der Waals surface area contributed by atoms with E-state index in [-0.39, 0.29) is 29.7 Å². The molecule has 0 radical (unpaired) electrons. The van der Waals surface area contributed by atoms with E-state index in [2.05, 4.69) is 26.8 Å². The molecule has 0 N–H and O–H groups in total. The lowest BCUT2D eigenvalue weighted by Gasteiger charge is -2.33. The van der Waals surface area contributed by atoms with Crippen LogP contribution < -0.4 is 0 Å². The molecule has 138 valence electrons. The highest BCUT2D eigenvalue weighted by Gasteiger charge is 2.26. The van der Waals surface area contributed by atoms with Gasteiger partial charge in [-0.2, -0.15) is 0 Å². The molecule has 0 heterocycles. The van der Waals surface area contributed by atoms with Gasteiger partial charge in [0.1, 0.15) is 6.61 Å². The van der Waals surface area contributed by atoms with Crippen molar-refractivity contribution >= 4 is 11.8 Å². The number of ether oxygens (including phenoxy) is 1. The first-order chi connectivity index (χ1) is 11.6. The van der Waals surface area contributed by atoms with E-state index in [4.69, 9.17) is 4.74 Å². The molecule has 0 aromatic rings. The van der Waals surface area contributed by atoms with Crippen LogP contribution in [0.5, 0.6) is 0 Å². The zero-order valence-electron chi connectivity index (χ0n) is 16.5. The molecule has 25 heavy (non-hydrogen) atoms. The zero-order valence-corrected chi connectivity index (χ0v) is 16.5. The van der Waals surface area contributed by atoms with Gasteiger partial charge >= 0.3 is 5.97 Å². The number of carbonyl (C=O) groups is 2. The van der Waals surface area contributed by atoms with Gasteiger partial charge in [0.25, 0.3) is 0 Å². The van der Waals surface area contributed by atoms with E-state index in [0.29, 0.717) is 0 Å². The third kappa shape index (κ3) is 7.25. The van der Waals surface area contributed by atoms with Crippen molar-refractivity contribution in [3.05, 3.63) is 47.1 Å². The largest absolute Gasteiger partial charge is 0.462 e. The van der Waals surface area contributed by atoms with Crippen molar-refractivity contribution < 1.29 is 14.3 Å². The molecule has 1 aliphatic rings. The second kappa shape index (κ2) is 9.55. The van der Waals surface area contributed by atoms with Gasteiger partial charge in [0, 0.05) is 12.8 Å². The number of ketones is 1. The average Bonchev–Trinajstić information content (AvgIpc) is 2.50. The Balaban J connectivity index is 2.67. The molecule has 1 aliphatic carbocycles. The van der Waals surface area contributed by atoms with E-state index in [9.17, 15) is 9.59 Å². The van der Waals surface area contributed by atoms with Crippen LogP contribution in [0.2, 0.25) is 0 Å². The van der Waals surface area contributed by atoms with Crippen molar-refractivity contribution in [3.8, 4) is 0 Å². The summed E-state index contributed by atoms with van der Waals surface area (Å²) in [7, 11) is 0. The highest BCUT2D eigenvalue weighted by Crippen LogP contribution is 2.40. The van der Waals surface area contributed by atoms with E-state index in [0.717, 1.165) is 12.0 Å². The predicted octanol–water partition coefficient (Wildman–Crippen LogP) is 5.34. The smallest absolute Gasteiger partial charge is 0.302 e. The quantitative estimate of drug-likeness (QED) is 0.356. The van der Waals surface area contributed by atoms with Gasteiger partial charge in [0.2, 0.25) is 0 Å². The van der Waals surface area contributed by atoms with Crippen molar-refractivity contribution in [2.24, 2.45) is 11.3 Å². The minimum atomic E-state index is -0.307. The van der Waals surface area contributed by atoms with Gasteiger partial charge in [-0.1, -0.05) is 50.1 Å². The third-order valence-corrected chi connectivity index (χ3v) is 4.75. The number of hydrogen-bond acceptors (Lipinski definition) is 3. The lowest BCUT2D eigenvalue weighted by molar-refractivity contribution is -0.139. The fourth-order valence-electron chi connectivity index (χ4n) is 3.07. The Labute approximate surface area is 152 Å². The summed E-state index contributed by atoms with van der Waals surface area (Å²) in [5.74, 6) is -0.392. The third-order valence-electron chi connectivity index (χ3n) is 4.75. The van der Waals surface area contributed by atoms with Gasteiger partial charge < -0.3 is 4.74 Å². The molecule has 1 rings (SSSR count). The van der Waals surface area contributed by atoms with Crippen molar-refractivity contribution in [2.45, 2.75) is 60.8 Å². The first kappa shape index (κ1) is 21.1. The standard InChI is InChI=1S/C22H32O3/c1-16(13-15-25-19(4)23)9-12-21(24)18(3)10-11-20-17(2)8-7-14-22(20,5)6/h9-13,18H,7-8,14-15H2,1-6H3. The van der Waals surface area contributed by atoms with Gasteiger partial charge in [0.05, 0.1) is 0 Å². The summed E-state index contributed by atoms with van der Waals surface area (Å²) < 4.78 is 4.85. The van der Waals surface area contributed by atoms with Crippen molar-refractivity contribution in [1.82, 2.24) is 0 Å². The molecule has 0 saturated carbocycles. The average molecular weight is 344 g/mol. The highest BCUT2D eigenvalue weighted by atomic mass is 16.5. The molecule has 1 unspecified atom stereocenters. The number of allylic oxidation sites excluding steroid dienone is 7. The SMILES string of the molecule is CC(=O)OCC=C(C)C=CC(=O)C(C)C=CC1=C(C)CCCC1(C)C. The Morgan fingerprint density at radius 1 is 1.24 bits per heavy atom. The maximum atomic E-state index is 12.3. The second-order valence-electron chi connectivity index (χ2n) is 7.57. The zero-order chi connectivity index (χ0) is 19.0. The molecule has 0 amide bonds. The molecule has 0 aromatic carbocycles. The fourth-order valence-corrected chi connectivity index (χ4v) is 3.07. The predicted molar refractivity (Wildman–Crippen MR) is 103 cm³/mol. The molecule has 0 saturated heterocycles. The monoisotopic (exact) mass is 344 g/mol. The van der Waals surface area contributed by atoms with E-state index >= 15 is 0 Å². The van der Waals surface area contributed by atoms with Crippen LogP contribution in [0.1, 0.15) is 60.8 Å². The lowest BCUT2D eigenvalue weighted by Crippen LogP contribution is -2.19. The maximum absolute atomic E-state index is 12.3. The Morgan fingerprint density at radius 3 is 2.52 bits per heavy atom. The van der Waals surface area contributed by atoms with Crippen molar-refractivity contribution in [3.63, 3.8) is 0 Å². The first-order valence-electron chi connectivity index (χ1n) is 9.04. The van der Waals surface area contributed by atoms with E-state index in [1.165, 1.54) is 30.9 Å². The summed E-state index contributed by atoms with van der Waals surface area (Å²) in [6, 6.07) is 0. The summed E-state index contributed by atoms with van der Waals surface area (Å²) in [6.45, 7) is 12.2. The molecule has 0 bridgehead atoms. The number of hydrogen-bond donors (Lipinski definition) is 0. The summed E-state index contributed by atoms with van der Waals surface area (Å²) >= 11 is 0. The van der Waals surface area contributed by atoms with Crippen molar-refractivity contribution in [1.29, 1.82) is 0 Å². The van der Waals surface area contributed by atoms with Gasteiger partial charge in [-0.05, 0) is 56.3 Å². The number of rotatable bonds is 7.